The molecule has 0 fully saturated rings. The maximum atomic E-state index is 13.1. The van der Waals surface area contributed by atoms with Gasteiger partial charge in [-0.1, -0.05) is 30.3 Å². The summed E-state index contributed by atoms with van der Waals surface area (Å²) in [5, 5.41) is 0. The molecular formula is C18H14F3NO3. The first-order chi connectivity index (χ1) is 11.9. The number of benzene rings is 2. The zero-order valence-electron chi connectivity index (χ0n) is 13.2. The summed E-state index contributed by atoms with van der Waals surface area (Å²) in [5.74, 6) is -0.606. The van der Waals surface area contributed by atoms with Crippen molar-refractivity contribution in [1.82, 2.24) is 0 Å². The van der Waals surface area contributed by atoms with Crippen LogP contribution in [0.25, 0.3) is 0 Å². The number of esters is 1. The number of alkyl halides is 3. The van der Waals surface area contributed by atoms with Crippen molar-refractivity contribution in [1.29, 1.82) is 0 Å². The lowest BCUT2D eigenvalue weighted by Crippen LogP contribution is -2.32. The molecule has 0 amide bonds. The minimum atomic E-state index is -4.49. The monoisotopic (exact) mass is 349 g/mol. The largest absolute Gasteiger partial charge is 0.465 e. The Labute approximate surface area is 141 Å². The summed E-state index contributed by atoms with van der Waals surface area (Å²) < 4.78 is 49.8. The van der Waals surface area contributed by atoms with Gasteiger partial charge in [0.1, 0.15) is 6.73 Å². The molecule has 1 aliphatic rings. The molecule has 0 aromatic heterocycles. The number of carbonyl (C=O) groups is 1. The SMILES string of the molecule is COC(=O)c1ccccc1C1(c2cccc(C(F)(F)F)c2)C=NCO1. The van der Waals surface area contributed by atoms with Crippen LogP contribution in [-0.4, -0.2) is 26.0 Å². The van der Waals surface area contributed by atoms with E-state index in [1.165, 1.54) is 31.5 Å². The first-order valence-corrected chi connectivity index (χ1v) is 7.39. The highest BCUT2D eigenvalue weighted by Crippen LogP contribution is 2.39. The number of methoxy groups -OCH3 is 1. The standard InChI is InChI=1S/C18H14F3NO3/c1-24-16(23)14-7-2-3-8-15(14)17(10-22-11-25-17)12-5-4-6-13(9-12)18(19,20)21/h2-10H,11H2,1H3. The third-order valence-electron chi connectivity index (χ3n) is 3.99. The van der Waals surface area contributed by atoms with Gasteiger partial charge in [-0.2, -0.15) is 13.2 Å². The Hall–Kier alpha value is -2.67. The Kier molecular flexibility index (Phi) is 4.34. The second-order valence-electron chi connectivity index (χ2n) is 5.44. The van der Waals surface area contributed by atoms with Crippen LogP contribution < -0.4 is 0 Å². The summed E-state index contributed by atoms with van der Waals surface area (Å²) in [4.78, 5) is 16.1. The fourth-order valence-electron chi connectivity index (χ4n) is 2.82. The van der Waals surface area contributed by atoms with Gasteiger partial charge in [0.15, 0.2) is 5.60 Å². The zero-order chi connectivity index (χ0) is 18.1. The molecule has 2 aromatic carbocycles. The molecule has 25 heavy (non-hydrogen) atoms. The summed E-state index contributed by atoms with van der Waals surface area (Å²) >= 11 is 0. The van der Waals surface area contributed by atoms with Crippen molar-refractivity contribution in [2.24, 2.45) is 4.99 Å². The first kappa shape index (κ1) is 17.2. The van der Waals surface area contributed by atoms with E-state index in [0.29, 0.717) is 5.56 Å². The highest BCUT2D eigenvalue weighted by molar-refractivity contribution is 5.94. The fraction of sp³-hybridized carbons (Fsp3) is 0.222. The number of rotatable bonds is 3. The molecule has 3 rings (SSSR count). The van der Waals surface area contributed by atoms with Crippen molar-refractivity contribution in [3.05, 3.63) is 70.8 Å². The van der Waals surface area contributed by atoms with E-state index >= 15 is 0 Å². The molecule has 0 bridgehead atoms. The maximum absolute atomic E-state index is 13.1. The van der Waals surface area contributed by atoms with Crippen molar-refractivity contribution in [3.8, 4) is 0 Å². The summed E-state index contributed by atoms with van der Waals surface area (Å²) in [6.45, 7) is -0.0221. The van der Waals surface area contributed by atoms with Crippen LogP contribution in [0.3, 0.4) is 0 Å². The molecule has 0 N–H and O–H groups in total. The van der Waals surface area contributed by atoms with E-state index in [9.17, 15) is 18.0 Å². The minimum absolute atomic E-state index is 0.0221. The lowest BCUT2D eigenvalue weighted by molar-refractivity contribution is -0.137. The lowest BCUT2D eigenvalue weighted by atomic mass is 9.83. The third-order valence-corrected chi connectivity index (χ3v) is 3.99. The van der Waals surface area contributed by atoms with Crippen molar-refractivity contribution in [2.45, 2.75) is 11.8 Å². The van der Waals surface area contributed by atoms with Crippen LogP contribution in [0.15, 0.2) is 53.5 Å². The summed E-state index contributed by atoms with van der Waals surface area (Å²) in [5.41, 5.74) is -1.37. The predicted octanol–water partition coefficient (Wildman–Crippen LogP) is 3.79. The van der Waals surface area contributed by atoms with E-state index in [4.69, 9.17) is 9.47 Å². The van der Waals surface area contributed by atoms with Crippen molar-refractivity contribution >= 4 is 12.2 Å². The van der Waals surface area contributed by atoms with Crippen LogP contribution in [0.5, 0.6) is 0 Å². The molecule has 1 atom stereocenters. The predicted molar refractivity (Wildman–Crippen MR) is 84.4 cm³/mol. The normalized spacial score (nSPS) is 19.8. The number of hydrogen-bond donors (Lipinski definition) is 0. The number of halogens is 3. The summed E-state index contributed by atoms with van der Waals surface area (Å²) in [6, 6.07) is 11.3. The number of hydrogen-bond acceptors (Lipinski definition) is 4. The Balaban J connectivity index is 2.21. The van der Waals surface area contributed by atoms with Gasteiger partial charge in [-0.15, -0.1) is 0 Å². The van der Waals surface area contributed by atoms with Crippen LogP contribution >= 0.6 is 0 Å². The molecule has 1 heterocycles. The Morgan fingerprint density at radius 1 is 1.20 bits per heavy atom. The van der Waals surface area contributed by atoms with Gasteiger partial charge in [0.05, 0.1) is 18.2 Å². The fourth-order valence-corrected chi connectivity index (χ4v) is 2.82. The highest BCUT2D eigenvalue weighted by atomic mass is 19.4. The average Bonchev–Trinajstić information content (AvgIpc) is 3.11. The second kappa shape index (κ2) is 6.33. The van der Waals surface area contributed by atoms with Crippen LogP contribution in [0.4, 0.5) is 13.2 Å². The molecule has 7 heteroatoms. The summed E-state index contributed by atoms with van der Waals surface area (Å²) in [6.07, 6.45) is -3.07. The van der Waals surface area contributed by atoms with Gasteiger partial charge in [-0.25, -0.2) is 4.79 Å². The number of nitrogens with zero attached hydrogens (tertiary/aromatic N) is 1. The Morgan fingerprint density at radius 3 is 2.60 bits per heavy atom. The molecule has 0 saturated heterocycles. The molecule has 0 aliphatic carbocycles. The first-order valence-electron chi connectivity index (χ1n) is 7.39. The summed E-state index contributed by atoms with van der Waals surface area (Å²) in [7, 11) is 1.24. The average molecular weight is 349 g/mol. The van der Waals surface area contributed by atoms with Gasteiger partial charge in [0.2, 0.25) is 0 Å². The van der Waals surface area contributed by atoms with E-state index in [2.05, 4.69) is 4.99 Å². The van der Waals surface area contributed by atoms with Gasteiger partial charge in [-0.3, -0.25) is 4.99 Å². The molecule has 2 aromatic rings. The van der Waals surface area contributed by atoms with Crippen LogP contribution in [-0.2, 0) is 21.3 Å². The van der Waals surface area contributed by atoms with Crippen LogP contribution in [0.2, 0.25) is 0 Å². The van der Waals surface area contributed by atoms with Gasteiger partial charge in [0.25, 0.3) is 0 Å². The second-order valence-corrected chi connectivity index (χ2v) is 5.44. The van der Waals surface area contributed by atoms with Gasteiger partial charge in [-0.05, 0) is 23.8 Å². The van der Waals surface area contributed by atoms with Crippen molar-refractivity contribution in [2.75, 3.05) is 13.8 Å². The smallest absolute Gasteiger partial charge is 0.416 e. The number of carbonyl (C=O) groups excluding carboxylic acids is 1. The Morgan fingerprint density at radius 2 is 1.96 bits per heavy atom. The maximum Gasteiger partial charge on any atom is 0.416 e. The van der Waals surface area contributed by atoms with E-state index in [1.807, 2.05) is 0 Å². The third kappa shape index (κ3) is 3.02. The van der Waals surface area contributed by atoms with Crippen LogP contribution in [0.1, 0.15) is 27.0 Å². The van der Waals surface area contributed by atoms with E-state index < -0.39 is 23.3 Å². The molecule has 0 radical (unpaired) electrons. The topological polar surface area (TPSA) is 47.9 Å². The molecule has 1 aliphatic heterocycles. The number of aliphatic imine (C=N–C) groups is 1. The quantitative estimate of drug-likeness (QED) is 0.792. The van der Waals surface area contributed by atoms with E-state index in [0.717, 1.165) is 12.1 Å². The molecule has 1 unspecified atom stereocenters. The molecule has 0 saturated carbocycles. The zero-order valence-corrected chi connectivity index (χ0v) is 13.2. The van der Waals surface area contributed by atoms with Crippen molar-refractivity contribution in [3.63, 3.8) is 0 Å². The van der Waals surface area contributed by atoms with E-state index in [-0.39, 0.29) is 17.9 Å². The number of ether oxygens (including phenoxy) is 2. The van der Waals surface area contributed by atoms with Gasteiger partial charge < -0.3 is 9.47 Å². The molecule has 4 nitrogen and oxygen atoms in total. The van der Waals surface area contributed by atoms with Gasteiger partial charge in [0, 0.05) is 11.8 Å². The molecule has 130 valence electrons. The van der Waals surface area contributed by atoms with Crippen molar-refractivity contribution < 1.29 is 27.4 Å². The molecule has 0 spiro atoms. The molecular weight excluding hydrogens is 335 g/mol. The minimum Gasteiger partial charge on any atom is -0.465 e. The van der Waals surface area contributed by atoms with E-state index in [1.54, 1.807) is 18.2 Å². The Bertz CT molecular complexity index is 832. The van der Waals surface area contributed by atoms with Gasteiger partial charge >= 0.3 is 12.1 Å². The lowest BCUT2D eigenvalue weighted by Gasteiger charge is -2.29. The van der Waals surface area contributed by atoms with Crippen LogP contribution in [0, 0.1) is 0 Å². The highest BCUT2D eigenvalue weighted by Gasteiger charge is 2.41.